The number of amides is 3. The first-order valence-electron chi connectivity index (χ1n) is 13.3. The van der Waals surface area contributed by atoms with Crippen molar-refractivity contribution < 1.29 is 83.8 Å². The van der Waals surface area contributed by atoms with Gasteiger partial charge in [0.15, 0.2) is 12.3 Å². The lowest BCUT2D eigenvalue weighted by atomic mass is 9.88. The maximum Gasteiger partial charge on any atom is 0.364 e. The van der Waals surface area contributed by atoms with Crippen LogP contribution in [-0.2, 0) is 42.9 Å². The van der Waals surface area contributed by atoms with Gasteiger partial charge in [-0.25, -0.2) is 9.59 Å². The van der Waals surface area contributed by atoms with Crippen LogP contribution in [0.25, 0.3) is 0 Å². The van der Waals surface area contributed by atoms with E-state index in [4.69, 9.17) is 18.9 Å². The van der Waals surface area contributed by atoms with E-state index in [1.165, 1.54) is 0 Å². The van der Waals surface area contributed by atoms with Gasteiger partial charge in [0.05, 0.1) is 32.0 Å². The minimum absolute atomic E-state index is 0.706. The first-order valence-corrected chi connectivity index (χ1v) is 13.3. The minimum atomic E-state index is -2.81. The number of carboxylic acid groups (broad SMARTS) is 2. The molecule has 0 aromatic rings. The molecule has 44 heavy (non-hydrogen) atoms. The molecule has 2 fully saturated rings. The number of aliphatic hydroxyl groups excluding tert-OH is 6. The Balaban J connectivity index is 2.33. The summed E-state index contributed by atoms with van der Waals surface area (Å²) in [5.74, 6) is -8.30. The molecule has 0 bridgehead atoms. The Hall–Kier alpha value is -3.05. The molecule has 2 aliphatic rings. The van der Waals surface area contributed by atoms with E-state index in [1.54, 1.807) is 0 Å². The molecule has 2 rings (SSSR count). The standard InChI is InChI=1S/C24H39N3O17/c1-8(29)25-11(21(37)38)6-41-22-16(27-10(3)31)19(36)18(35)14(43-22)7-42-24(23(39)40)4-12(32)15(26-9(2)30)20(44-24)17(34)13(33)5-28/h11-20,22,28,32-36H,4-7H2,1-3H3,(H,25,29)(H,26,30)(H,27,31)(H,37,38)(H,39,40)/t11-,12?,13+,14?,15?,16?,17+,18?,19?,20?,22?,24?/m1/s1. The number of hydrogen-bond donors (Lipinski definition) is 11. The molecule has 11 N–H and O–H groups in total. The van der Waals surface area contributed by atoms with Crippen LogP contribution in [0.5, 0.6) is 0 Å². The Kier molecular flexibility index (Phi) is 13.3. The van der Waals surface area contributed by atoms with Crippen LogP contribution in [0, 0.1) is 0 Å². The molecular weight excluding hydrogens is 602 g/mol. The molecule has 20 heteroatoms. The van der Waals surface area contributed by atoms with Crippen LogP contribution >= 0.6 is 0 Å². The van der Waals surface area contributed by atoms with Gasteiger partial charge in [-0.05, 0) is 0 Å². The molecule has 252 valence electrons. The van der Waals surface area contributed by atoms with E-state index in [-0.39, 0.29) is 0 Å². The average Bonchev–Trinajstić information content (AvgIpc) is 2.93. The quantitative estimate of drug-likeness (QED) is 0.0840. The fourth-order valence-electron chi connectivity index (χ4n) is 4.70. The van der Waals surface area contributed by atoms with Gasteiger partial charge in [0, 0.05) is 27.2 Å². The lowest BCUT2D eigenvalue weighted by Gasteiger charge is -2.47. The normalized spacial score (nSPS) is 34.2. The molecule has 3 amide bonds. The van der Waals surface area contributed by atoms with E-state index in [2.05, 4.69) is 16.0 Å². The van der Waals surface area contributed by atoms with Gasteiger partial charge in [-0.2, -0.15) is 0 Å². The number of hydrogen-bond acceptors (Lipinski definition) is 15. The molecule has 20 nitrogen and oxygen atoms in total. The predicted octanol–water partition coefficient (Wildman–Crippen LogP) is -6.29. The van der Waals surface area contributed by atoms with Crippen molar-refractivity contribution in [1.82, 2.24) is 16.0 Å². The summed E-state index contributed by atoms with van der Waals surface area (Å²) in [7, 11) is 0. The van der Waals surface area contributed by atoms with Crippen molar-refractivity contribution in [2.24, 2.45) is 0 Å². The van der Waals surface area contributed by atoms with Gasteiger partial charge in [-0.1, -0.05) is 0 Å². The van der Waals surface area contributed by atoms with Crippen molar-refractivity contribution >= 4 is 29.7 Å². The SMILES string of the molecule is CC(=O)NC1C(OC[C@@H](NC(C)=O)C(=O)O)OC(COC2(C(=O)O)CC(O)C(NC(C)=O)C([C@@H](O)[C@@H](O)CO)O2)C(O)C1O. The van der Waals surface area contributed by atoms with Gasteiger partial charge in [0.2, 0.25) is 17.7 Å². The summed E-state index contributed by atoms with van der Waals surface area (Å²) in [6.07, 6.45) is -15.5. The Morgan fingerprint density at radius 2 is 1.52 bits per heavy atom. The van der Waals surface area contributed by atoms with E-state index in [0.29, 0.717) is 0 Å². The average molecular weight is 642 g/mol. The summed E-state index contributed by atoms with van der Waals surface area (Å²) in [5.41, 5.74) is 0. The highest BCUT2D eigenvalue weighted by Gasteiger charge is 2.57. The number of nitrogens with one attached hydrogen (secondary N) is 3. The first-order chi connectivity index (χ1) is 20.4. The lowest BCUT2D eigenvalue weighted by molar-refractivity contribution is -0.330. The molecular formula is C24H39N3O17. The van der Waals surface area contributed by atoms with Gasteiger partial charge >= 0.3 is 11.9 Å². The van der Waals surface area contributed by atoms with E-state index in [0.717, 1.165) is 20.8 Å². The molecule has 0 aromatic carbocycles. The Bertz CT molecular complexity index is 1050. The number of carboxylic acids is 2. The molecule has 0 saturated carbocycles. The summed E-state index contributed by atoms with van der Waals surface area (Å²) in [4.78, 5) is 58.7. The van der Waals surface area contributed by atoms with Crippen LogP contribution in [-0.4, -0.2) is 163 Å². The third-order valence-electron chi connectivity index (χ3n) is 6.84. The minimum Gasteiger partial charge on any atom is -0.480 e. The fraction of sp³-hybridized carbons (Fsp3) is 0.792. The number of rotatable bonds is 14. The second-order valence-electron chi connectivity index (χ2n) is 10.4. The Morgan fingerprint density at radius 3 is 2.02 bits per heavy atom. The first kappa shape index (κ1) is 37.1. The molecule has 0 radical (unpaired) electrons. The van der Waals surface area contributed by atoms with Gasteiger partial charge < -0.3 is 75.8 Å². The number of carbonyl (C=O) groups is 5. The molecule has 9 unspecified atom stereocenters. The Labute approximate surface area is 249 Å². The third-order valence-corrected chi connectivity index (χ3v) is 6.84. The highest BCUT2D eigenvalue weighted by Crippen LogP contribution is 2.34. The highest BCUT2D eigenvalue weighted by molar-refractivity contribution is 5.82. The van der Waals surface area contributed by atoms with E-state index in [9.17, 15) is 64.8 Å². The number of aliphatic hydroxyl groups is 6. The van der Waals surface area contributed by atoms with Crippen LogP contribution in [0.3, 0.4) is 0 Å². The van der Waals surface area contributed by atoms with Crippen LogP contribution in [0.4, 0.5) is 0 Å². The summed E-state index contributed by atoms with van der Waals surface area (Å²) >= 11 is 0. The van der Waals surface area contributed by atoms with Gasteiger partial charge in [-0.3, -0.25) is 14.4 Å². The zero-order valence-electron chi connectivity index (χ0n) is 23.9. The van der Waals surface area contributed by atoms with E-state index in [1.807, 2.05) is 0 Å². The Morgan fingerprint density at radius 1 is 0.932 bits per heavy atom. The van der Waals surface area contributed by atoms with Crippen molar-refractivity contribution in [3.8, 4) is 0 Å². The molecule has 12 atom stereocenters. The van der Waals surface area contributed by atoms with Crippen molar-refractivity contribution in [1.29, 1.82) is 0 Å². The van der Waals surface area contributed by atoms with Gasteiger partial charge in [-0.15, -0.1) is 0 Å². The molecule has 2 aliphatic heterocycles. The lowest BCUT2D eigenvalue weighted by Crippen LogP contribution is -2.69. The second-order valence-corrected chi connectivity index (χ2v) is 10.4. The van der Waals surface area contributed by atoms with Crippen molar-refractivity contribution in [3.63, 3.8) is 0 Å². The zero-order valence-corrected chi connectivity index (χ0v) is 23.9. The number of ether oxygens (including phenoxy) is 4. The summed E-state index contributed by atoms with van der Waals surface area (Å²) in [5, 5.41) is 88.0. The van der Waals surface area contributed by atoms with Crippen LogP contribution in [0.15, 0.2) is 0 Å². The topological polar surface area (TPSA) is 320 Å². The zero-order chi connectivity index (χ0) is 33.5. The fourth-order valence-corrected chi connectivity index (χ4v) is 4.70. The van der Waals surface area contributed by atoms with Gasteiger partial charge in [0.25, 0.3) is 5.79 Å². The van der Waals surface area contributed by atoms with Crippen LogP contribution in [0.1, 0.15) is 27.2 Å². The summed E-state index contributed by atoms with van der Waals surface area (Å²) < 4.78 is 22.0. The molecule has 2 saturated heterocycles. The monoisotopic (exact) mass is 641 g/mol. The summed E-state index contributed by atoms with van der Waals surface area (Å²) in [6, 6.07) is -4.54. The molecule has 0 aliphatic carbocycles. The van der Waals surface area contributed by atoms with Crippen molar-refractivity contribution in [3.05, 3.63) is 0 Å². The maximum atomic E-state index is 12.4. The number of aliphatic carboxylic acids is 2. The predicted molar refractivity (Wildman–Crippen MR) is 138 cm³/mol. The van der Waals surface area contributed by atoms with Crippen molar-refractivity contribution in [2.45, 2.75) is 100 Å². The smallest absolute Gasteiger partial charge is 0.364 e. The van der Waals surface area contributed by atoms with E-state index >= 15 is 0 Å². The van der Waals surface area contributed by atoms with Crippen LogP contribution in [0.2, 0.25) is 0 Å². The van der Waals surface area contributed by atoms with Crippen molar-refractivity contribution in [2.75, 3.05) is 19.8 Å². The highest BCUT2D eigenvalue weighted by atomic mass is 16.7. The summed E-state index contributed by atoms with van der Waals surface area (Å²) in [6.45, 7) is 0.509. The largest absolute Gasteiger partial charge is 0.480 e. The second kappa shape index (κ2) is 15.8. The van der Waals surface area contributed by atoms with Crippen LogP contribution < -0.4 is 16.0 Å². The molecule has 2 heterocycles. The number of carbonyl (C=O) groups excluding carboxylic acids is 3. The maximum absolute atomic E-state index is 12.4. The molecule has 0 aromatic heterocycles. The molecule has 0 spiro atoms. The third kappa shape index (κ3) is 9.23. The van der Waals surface area contributed by atoms with E-state index < -0.39 is 129 Å². The van der Waals surface area contributed by atoms with Gasteiger partial charge in [0.1, 0.15) is 42.7 Å².